The topological polar surface area (TPSA) is 30.5 Å². The second kappa shape index (κ2) is 7.26. The highest BCUT2D eigenvalue weighted by Gasteiger charge is 1.95. The summed E-state index contributed by atoms with van der Waals surface area (Å²) in [4.78, 5) is 0. The van der Waals surface area contributed by atoms with Crippen molar-refractivity contribution in [2.24, 2.45) is 0 Å². The molecule has 1 aromatic rings. The van der Waals surface area contributed by atoms with Crippen LogP contribution in [-0.4, -0.2) is 33.9 Å². The summed E-state index contributed by atoms with van der Waals surface area (Å²) in [6.45, 7) is 2.63. The Bertz CT molecular complexity index is 276. The van der Waals surface area contributed by atoms with Crippen molar-refractivity contribution in [2.75, 3.05) is 33.9 Å². The van der Waals surface area contributed by atoms with Crippen LogP contribution in [0.3, 0.4) is 0 Å². The Kier molecular flexibility index (Phi) is 5.81. The van der Waals surface area contributed by atoms with Gasteiger partial charge in [0.25, 0.3) is 0 Å². The van der Waals surface area contributed by atoms with Gasteiger partial charge in [0.05, 0.1) is 13.7 Å². The number of hydrogen-bond donors (Lipinski definition) is 1. The molecule has 0 spiro atoms. The van der Waals surface area contributed by atoms with Gasteiger partial charge in [0.15, 0.2) is 0 Å². The molecule has 0 atom stereocenters. The van der Waals surface area contributed by atoms with Gasteiger partial charge in [0.2, 0.25) is 0 Å². The fourth-order valence-electron chi connectivity index (χ4n) is 1.36. The number of benzene rings is 1. The lowest BCUT2D eigenvalue weighted by molar-refractivity contribution is 0.199. The third-order valence-corrected chi connectivity index (χ3v) is 2.21. The van der Waals surface area contributed by atoms with Gasteiger partial charge in [-0.1, -0.05) is 12.1 Å². The highest BCUT2D eigenvalue weighted by molar-refractivity contribution is 5.28. The zero-order chi connectivity index (χ0) is 10.9. The van der Waals surface area contributed by atoms with Gasteiger partial charge in [-0.3, -0.25) is 0 Å². The molecule has 0 amide bonds. The van der Waals surface area contributed by atoms with Gasteiger partial charge in [-0.15, -0.1) is 0 Å². The second-order valence-corrected chi connectivity index (χ2v) is 3.34. The lowest BCUT2D eigenvalue weighted by Gasteiger charge is -2.05. The van der Waals surface area contributed by atoms with E-state index in [2.05, 4.69) is 17.4 Å². The monoisotopic (exact) mass is 209 g/mol. The summed E-state index contributed by atoms with van der Waals surface area (Å²) in [5.74, 6) is 0.921. The molecular formula is C12H19NO2. The molecule has 0 saturated heterocycles. The van der Waals surface area contributed by atoms with E-state index in [9.17, 15) is 0 Å². The first kappa shape index (κ1) is 12.0. The van der Waals surface area contributed by atoms with Crippen molar-refractivity contribution < 1.29 is 9.47 Å². The Morgan fingerprint density at radius 1 is 1.20 bits per heavy atom. The van der Waals surface area contributed by atoms with Gasteiger partial charge in [-0.25, -0.2) is 0 Å². The van der Waals surface area contributed by atoms with Crippen LogP contribution >= 0.6 is 0 Å². The Labute approximate surface area is 91.4 Å². The van der Waals surface area contributed by atoms with E-state index in [-0.39, 0.29) is 0 Å². The zero-order valence-electron chi connectivity index (χ0n) is 9.45. The van der Waals surface area contributed by atoms with Gasteiger partial charge >= 0.3 is 0 Å². The molecule has 3 nitrogen and oxygen atoms in total. The summed E-state index contributed by atoms with van der Waals surface area (Å²) < 4.78 is 10.1. The Morgan fingerprint density at radius 2 is 2.07 bits per heavy atom. The molecule has 84 valence electrons. The molecule has 0 aromatic heterocycles. The number of hydrogen-bond acceptors (Lipinski definition) is 3. The highest BCUT2D eigenvalue weighted by atomic mass is 16.5. The summed E-state index contributed by atoms with van der Waals surface area (Å²) >= 11 is 0. The Hall–Kier alpha value is -1.06. The number of nitrogens with one attached hydrogen (secondary N) is 1. The molecule has 0 saturated carbocycles. The van der Waals surface area contributed by atoms with Crippen LogP contribution < -0.4 is 10.1 Å². The third-order valence-electron chi connectivity index (χ3n) is 2.21. The molecule has 0 unspecified atom stereocenters. The Balaban J connectivity index is 2.24. The van der Waals surface area contributed by atoms with E-state index in [0.29, 0.717) is 0 Å². The second-order valence-electron chi connectivity index (χ2n) is 3.34. The van der Waals surface area contributed by atoms with Crippen LogP contribution in [0, 0.1) is 0 Å². The molecule has 3 heteroatoms. The van der Waals surface area contributed by atoms with Crippen molar-refractivity contribution in [2.45, 2.75) is 6.42 Å². The van der Waals surface area contributed by atoms with Crippen LogP contribution in [0.2, 0.25) is 0 Å². The van der Waals surface area contributed by atoms with Crippen molar-refractivity contribution in [3.8, 4) is 5.75 Å². The molecule has 0 heterocycles. The van der Waals surface area contributed by atoms with Gasteiger partial charge < -0.3 is 14.8 Å². The summed E-state index contributed by atoms with van der Waals surface area (Å²) in [7, 11) is 3.40. The zero-order valence-corrected chi connectivity index (χ0v) is 9.45. The number of rotatable bonds is 7. The molecule has 0 aliphatic carbocycles. The minimum absolute atomic E-state index is 0.762. The van der Waals surface area contributed by atoms with Gasteiger partial charge in [0, 0.05) is 13.7 Å². The van der Waals surface area contributed by atoms with Crippen LogP contribution in [-0.2, 0) is 11.2 Å². The summed E-state index contributed by atoms with van der Waals surface area (Å²) in [5.41, 5.74) is 1.29. The molecular weight excluding hydrogens is 190 g/mol. The van der Waals surface area contributed by atoms with E-state index in [1.807, 2.05) is 12.1 Å². The van der Waals surface area contributed by atoms with E-state index >= 15 is 0 Å². The first-order chi connectivity index (χ1) is 7.36. The average molecular weight is 209 g/mol. The summed E-state index contributed by atoms with van der Waals surface area (Å²) in [5, 5.41) is 3.31. The maximum Gasteiger partial charge on any atom is 0.119 e. The average Bonchev–Trinajstić information content (AvgIpc) is 2.29. The minimum Gasteiger partial charge on any atom is -0.497 e. The first-order valence-electron chi connectivity index (χ1n) is 5.19. The summed E-state index contributed by atoms with van der Waals surface area (Å²) in [6, 6.07) is 8.16. The molecule has 15 heavy (non-hydrogen) atoms. The highest BCUT2D eigenvalue weighted by Crippen LogP contribution is 2.12. The third kappa shape index (κ3) is 4.81. The van der Waals surface area contributed by atoms with Crippen LogP contribution in [0.4, 0.5) is 0 Å². The molecule has 1 aromatic carbocycles. The SMILES string of the molecule is COCCNCCc1cccc(OC)c1. The predicted molar refractivity (Wildman–Crippen MR) is 61.4 cm³/mol. The summed E-state index contributed by atoms with van der Waals surface area (Å²) in [6.07, 6.45) is 1.01. The van der Waals surface area contributed by atoms with E-state index < -0.39 is 0 Å². The van der Waals surface area contributed by atoms with E-state index in [1.165, 1.54) is 5.56 Å². The number of ether oxygens (including phenoxy) is 2. The maximum atomic E-state index is 5.16. The van der Waals surface area contributed by atoms with Crippen LogP contribution in [0.5, 0.6) is 5.75 Å². The quantitative estimate of drug-likeness (QED) is 0.690. The normalized spacial score (nSPS) is 10.3. The van der Waals surface area contributed by atoms with Crippen molar-refractivity contribution in [3.63, 3.8) is 0 Å². The predicted octanol–water partition coefficient (Wildman–Crippen LogP) is 1.47. The molecule has 0 aliphatic heterocycles. The molecule has 1 rings (SSSR count). The van der Waals surface area contributed by atoms with Crippen LogP contribution in [0.15, 0.2) is 24.3 Å². The smallest absolute Gasteiger partial charge is 0.119 e. The molecule has 1 N–H and O–H groups in total. The van der Waals surface area contributed by atoms with Crippen molar-refractivity contribution in [3.05, 3.63) is 29.8 Å². The minimum atomic E-state index is 0.762. The Morgan fingerprint density at radius 3 is 2.80 bits per heavy atom. The molecule has 0 radical (unpaired) electrons. The fourth-order valence-corrected chi connectivity index (χ4v) is 1.36. The molecule has 0 bridgehead atoms. The van der Waals surface area contributed by atoms with E-state index in [0.717, 1.165) is 31.9 Å². The van der Waals surface area contributed by atoms with E-state index in [1.54, 1.807) is 14.2 Å². The standard InChI is InChI=1S/C12H19NO2/c1-14-9-8-13-7-6-11-4-3-5-12(10-11)15-2/h3-5,10,13H,6-9H2,1-2H3. The molecule has 0 fully saturated rings. The van der Waals surface area contributed by atoms with E-state index in [4.69, 9.17) is 9.47 Å². The molecule has 0 aliphatic rings. The van der Waals surface area contributed by atoms with Gasteiger partial charge in [0.1, 0.15) is 5.75 Å². The van der Waals surface area contributed by atoms with Crippen molar-refractivity contribution >= 4 is 0 Å². The van der Waals surface area contributed by atoms with Crippen LogP contribution in [0.25, 0.3) is 0 Å². The first-order valence-corrected chi connectivity index (χ1v) is 5.19. The van der Waals surface area contributed by atoms with Crippen LogP contribution in [0.1, 0.15) is 5.56 Å². The lowest BCUT2D eigenvalue weighted by atomic mass is 10.1. The van der Waals surface area contributed by atoms with Crippen molar-refractivity contribution in [1.29, 1.82) is 0 Å². The fraction of sp³-hybridized carbons (Fsp3) is 0.500. The number of methoxy groups -OCH3 is 2. The lowest BCUT2D eigenvalue weighted by Crippen LogP contribution is -2.21. The van der Waals surface area contributed by atoms with Gasteiger partial charge in [-0.05, 0) is 30.7 Å². The van der Waals surface area contributed by atoms with Crippen molar-refractivity contribution in [1.82, 2.24) is 5.32 Å². The maximum absolute atomic E-state index is 5.16. The largest absolute Gasteiger partial charge is 0.497 e. The van der Waals surface area contributed by atoms with Gasteiger partial charge in [-0.2, -0.15) is 0 Å².